The third kappa shape index (κ3) is 5.68. The van der Waals surface area contributed by atoms with Crippen LogP contribution in [0.1, 0.15) is 34.1 Å². The molecule has 0 saturated carbocycles. The molecule has 0 atom stereocenters. The Morgan fingerprint density at radius 3 is 2.53 bits per heavy atom. The van der Waals surface area contributed by atoms with Crippen LogP contribution in [0.25, 0.3) is 0 Å². The quantitative estimate of drug-likeness (QED) is 0.880. The first-order valence-corrected chi connectivity index (χ1v) is 6.07. The van der Waals surface area contributed by atoms with E-state index in [1.54, 1.807) is 0 Å². The van der Waals surface area contributed by atoms with Gasteiger partial charge in [0.2, 0.25) is 11.2 Å². The summed E-state index contributed by atoms with van der Waals surface area (Å²) in [5.74, 6) is 0.443. The van der Waals surface area contributed by atoms with Crippen LogP contribution in [0.4, 0.5) is 5.95 Å². The zero-order valence-corrected chi connectivity index (χ0v) is 11.5. The van der Waals surface area contributed by atoms with E-state index >= 15 is 0 Å². The second-order valence-electron chi connectivity index (χ2n) is 4.90. The van der Waals surface area contributed by atoms with Crippen molar-refractivity contribution in [2.45, 2.75) is 34.1 Å². The fraction of sp³-hybridized carbons (Fsp3) is 0.727. The number of halogens is 1. The van der Waals surface area contributed by atoms with Gasteiger partial charge in [-0.3, -0.25) is 0 Å². The number of aromatic nitrogens is 3. The summed E-state index contributed by atoms with van der Waals surface area (Å²) in [5.41, 5.74) is 0.224. The zero-order valence-electron chi connectivity index (χ0n) is 10.7. The van der Waals surface area contributed by atoms with Crippen LogP contribution in [-0.4, -0.2) is 28.1 Å². The van der Waals surface area contributed by atoms with Gasteiger partial charge in [-0.05, 0) is 30.4 Å². The Morgan fingerprint density at radius 2 is 1.94 bits per heavy atom. The average Bonchev–Trinajstić information content (AvgIpc) is 2.15. The molecule has 0 bridgehead atoms. The molecule has 1 rings (SSSR count). The lowest BCUT2D eigenvalue weighted by Gasteiger charge is -2.17. The van der Waals surface area contributed by atoms with Gasteiger partial charge in [-0.15, -0.1) is 0 Å². The van der Waals surface area contributed by atoms with E-state index in [9.17, 15) is 0 Å². The monoisotopic (exact) mass is 258 g/mol. The Hall–Kier alpha value is -1.10. The molecule has 0 aliphatic heterocycles. The van der Waals surface area contributed by atoms with Crippen LogP contribution in [0.15, 0.2) is 0 Å². The van der Waals surface area contributed by atoms with Crippen molar-refractivity contribution in [3.63, 3.8) is 0 Å². The number of hydrogen-bond donors (Lipinski definition) is 1. The third-order valence-electron chi connectivity index (χ3n) is 2.01. The topological polar surface area (TPSA) is 59.9 Å². The highest BCUT2D eigenvalue weighted by atomic mass is 35.5. The van der Waals surface area contributed by atoms with Crippen LogP contribution >= 0.6 is 11.6 Å². The molecule has 1 aromatic heterocycles. The van der Waals surface area contributed by atoms with Gasteiger partial charge in [0.1, 0.15) is 0 Å². The second-order valence-corrected chi connectivity index (χ2v) is 5.24. The van der Waals surface area contributed by atoms with Gasteiger partial charge in [0.15, 0.2) is 0 Å². The van der Waals surface area contributed by atoms with Crippen molar-refractivity contribution in [2.75, 3.05) is 18.5 Å². The van der Waals surface area contributed by atoms with Crippen LogP contribution in [0, 0.1) is 5.41 Å². The van der Waals surface area contributed by atoms with Gasteiger partial charge in [0.05, 0.1) is 6.61 Å². The summed E-state index contributed by atoms with van der Waals surface area (Å²) >= 11 is 5.77. The number of nitrogens with one attached hydrogen (secondary N) is 1. The predicted octanol–water partition coefficient (Wildman–Crippen LogP) is 2.77. The van der Waals surface area contributed by atoms with Crippen molar-refractivity contribution in [1.82, 2.24) is 15.0 Å². The maximum absolute atomic E-state index is 5.77. The lowest BCUT2D eigenvalue weighted by atomic mass is 9.93. The molecule has 0 saturated heterocycles. The highest BCUT2D eigenvalue weighted by molar-refractivity contribution is 6.28. The molecule has 1 aromatic rings. The number of anilines is 1. The molecule has 5 nitrogen and oxygen atoms in total. The minimum atomic E-state index is 0.140. The average molecular weight is 259 g/mol. The normalized spacial score (nSPS) is 11.4. The summed E-state index contributed by atoms with van der Waals surface area (Å²) in [6, 6.07) is 0.269. The van der Waals surface area contributed by atoms with Gasteiger partial charge in [0, 0.05) is 6.54 Å². The fourth-order valence-corrected chi connectivity index (χ4v) is 1.23. The van der Waals surface area contributed by atoms with Gasteiger partial charge in [0.25, 0.3) is 0 Å². The van der Waals surface area contributed by atoms with Gasteiger partial charge in [-0.25, -0.2) is 0 Å². The Balaban J connectivity index is 2.58. The molecule has 0 aliphatic rings. The van der Waals surface area contributed by atoms with E-state index in [4.69, 9.17) is 16.3 Å². The molecular formula is C11H19ClN4O. The number of hydrogen-bond acceptors (Lipinski definition) is 5. The van der Waals surface area contributed by atoms with Crippen molar-refractivity contribution in [3.05, 3.63) is 5.28 Å². The van der Waals surface area contributed by atoms with Gasteiger partial charge >= 0.3 is 6.01 Å². The summed E-state index contributed by atoms with van der Waals surface area (Å²) in [5, 5.41) is 3.11. The maximum atomic E-state index is 5.77. The number of ether oxygens (including phenoxy) is 1. The molecule has 0 spiro atoms. The molecule has 6 heteroatoms. The van der Waals surface area contributed by atoms with Crippen molar-refractivity contribution in [2.24, 2.45) is 5.41 Å². The first-order chi connectivity index (χ1) is 7.90. The molecule has 0 aliphatic carbocycles. The van der Waals surface area contributed by atoms with Crippen LogP contribution in [0.3, 0.4) is 0 Å². The van der Waals surface area contributed by atoms with Crippen molar-refractivity contribution in [1.29, 1.82) is 0 Å². The van der Waals surface area contributed by atoms with E-state index in [2.05, 4.69) is 41.0 Å². The number of rotatable bonds is 5. The summed E-state index contributed by atoms with van der Waals surface area (Å²) in [6.45, 7) is 9.71. The summed E-state index contributed by atoms with van der Waals surface area (Å²) < 4.78 is 5.46. The Labute approximate surface area is 107 Å². The van der Waals surface area contributed by atoms with Crippen molar-refractivity contribution in [3.8, 4) is 6.01 Å². The van der Waals surface area contributed by atoms with Crippen LogP contribution in [-0.2, 0) is 0 Å². The largest absolute Gasteiger partial charge is 0.463 e. The van der Waals surface area contributed by atoms with E-state index < -0.39 is 0 Å². The van der Waals surface area contributed by atoms with Crippen LogP contribution in [0.2, 0.25) is 5.28 Å². The van der Waals surface area contributed by atoms with Crippen LogP contribution < -0.4 is 10.1 Å². The molecule has 0 radical (unpaired) electrons. The molecule has 0 fully saturated rings. The standard InChI is InChI=1S/C11H19ClN4O/c1-5-13-9-14-8(12)15-10(16-9)17-7-6-11(2,3)4/h5-7H2,1-4H3,(H,13,14,15,16). The predicted molar refractivity (Wildman–Crippen MR) is 68.6 cm³/mol. The third-order valence-corrected chi connectivity index (χ3v) is 2.17. The van der Waals surface area contributed by atoms with Crippen LogP contribution in [0.5, 0.6) is 6.01 Å². The minimum absolute atomic E-state index is 0.140. The van der Waals surface area contributed by atoms with E-state index in [0.717, 1.165) is 13.0 Å². The maximum Gasteiger partial charge on any atom is 0.322 e. The highest BCUT2D eigenvalue weighted by Crippen LogP contribution is 2.19. The molecule has 1 heterocycles. The molecule has 0 amide bonds. The van der Waals surface area contributed by atoms with Crippen molar-refractivity contribution >= 4 is 17.5 Å². The summed E-state index contributed by atoms with van der Waals surface area (Å²) in [6.07, 6.45) is 0.923. The molecule has 0 unspecified atom stereocenters. The molecule has 0 aromatic carbocycles. The second kappa shape index (κ2) is 6.00. The first kappa shape index (κ1) is 14.0. The molecule has 96 valence electrons. The lowest BCUT2D eigenvalue weighted by molar-refractivity contribution is 0.228. The van der Waals surface area contributed by atoms with E-state index in [0.29, 0.717) is 12.6 Å². The Morgan fingerprint density at radius 1 is 1.24 bits per heavy atom. The van der Waals surface area contributed by atoms with E-state index in [-0.39, 0.29) is 16.7 Å². The Bertz CT molecular complexity index is 365. The summed E-state index contributed by atoms with van der Waals surface area (Å²) in [7, 11) is 0. The molecule has 1 N–H and O–H groups in total. The zero-order chi connectivity index (χ0) is 12.9. The Kier molecular flexibility index (Phi) is 4.93. The van der Waals surface area contributed by atoms with Crippen molar-refractivity contribution < 1.29 is 4.74 Å². The lowest BCUT2D eigenvalue weighted by Crippen LogP contribution is -2.13. The summed E-state index contributed by atoms with van der Waals surface area (Å²) in [4.78, 5) is 12.0. The van der Waals surface area contributed by atoms with E-state index in [1.165, 1.54) is 0 Å². The highest BCUT2D eigenvalue weighted by Gasteiger charge is 2.11. The number of nitrogens with zero attached hydrogens (tertiary/aromatic N) is 3. The molecular weight excluding hydrogens is 240 g/mol. The van der Waals surface area contributed by atoms with Gasteiger partial charge < -0.3 is 10.1 Å². The minimum Gasteiger partial charge on any atom is -0.463 e. The first-order valence-electron chi connectivity index (χ1n) is 5.69. The van der Waals surface area contributed by atoms with Gasteiger partial charge in [-0.2, -0.15) is 15.0 Å². The van der Waals surface area contributed by atoms with E-state index in [1.807, 2.05) is 6.92 Å². The smallest absolute Gasteiger partial charge is 0.322 e. The fourth-order valence-electron chi connectivity index (χ4n) is 1.08. The van der Waals surface area contributed by atoms with Gasteiger partial charge in [-0.1, -0.05) is 20.8 Å². The molecule has 17 heavy (non-hydrogen) atoms. The SMILES string of the molecule is CCNc1nc(Cl)nc(OCCC(C)(C)C)n1.